The van der Waals surface area contributed by atoms with Crippen molar-refractivity contribution < 1.29 is 0 Å². The van der Waals surface area contributed by atoms with E-state index in [1.54, 1.807) is 0 Å². The number of hydrogen-bond donors (Lipinski definition) is 1. The van der Waals surface area contributed by atoms with Crippen LogP contribution in [0.3, 0.4) is 0 Å². The van der Waals surface area contributed by atoms with Crippen molar-refractivity contribution in [2.75, 3.05) is 13.1 Å². The third kappa shape index (κ3) is 1.92. The molecule has 72 valence electrons. The van der Waals surface area contributed by atoms with Gasteiger partial charge in [-0.05, 0) is 25.4 Å². The molecule has 2 atom stereocenters. The summed E-state index contributed by atoms with van der Waals surface area (Å²) >= 11 is 1.81. The molecule has 0 radical (unpaired) electrons. The Balaban J connectivity index is 2.11. The van der Waals surface area contributed by atoms with Gasteiger partial charge in [-0.3, -0.25) is 0 Å². The summed E-state index contributed by atoms with van der Waals surface area (Å²) in [5.41, 5.74) is 0. The molecule has 0 bridgehead atoms. The highest BCUT2D eigenvalue weighted by Gasteiger charge is 2.26. The lowest BCUT2D eigenvalue weighted by Crippen LogP contribution is -2.34. The molecule has 1 N–H and O–H groups in total. The van der Waals surface area contributed by atoms with Gasteiger partial charge < -0.3 is 5.32 Å². The number of piperidine rings is 1. The Kier molecular flexibility index (Phi) is 2.96. The maximum absolute atomic E-state index is 4.43. The zero-order valence-corrected chi connectivity index (χ0v) is 8.81. The molecular formula is C10H16N2S. The fourth-order valence-electron chi connectivity index (χ4n) is 2.09. The zero-order valence-electron chi connectivity index (χ0n) is 7.99. The molecule has 0 spiro atoms. The Labute approximate surface area is 83.4 Å². The third-order valence-corrected chi connectivity index (χ3v) is 3.81. The van der Waals surface area contributed by atoms with Gasteiger partial charge in [-0.15, -0.1) is 11.3 Å². The van der Waals surface area contributed by atoms with Crippen molar-refractivity contribution in [3.8, 4) is 0 Å². The Morgan fingerprint density at radius 2 is 2.62 bits per heavy atom. The van der Waals surface area contributed by atoms with Crippen molar-refractivity contribution in [2.45, 2.75) is 25.7 Å². The van der Waals surface area contributed by atoms with Crippen molar-refractivity contribution in [3.05, 3.63) is 16.6 Å². The quantitative estimate of drug-likeness (QED) is 0.784. The maximum Gasteiger partial charge on any atom is 0.0959 e. The predicted molar refractivity (Wildman–Crippen MR) is 56.1 cm³/mol. The average Bonchev–Trinajstić information content (AvgIpc) is 2.70. The lowest BCUT2D eigenvalue weighted by molar-refractivity contribution is 0.317. The molecular weight excluding hydrogens is 180 g/mol. The van der Waals surface area contributed by atoms with Crippen LogP contribution < -0.4 is 5.32 Å². The van der Waals surface area contributed by atoms with Gasteiger partial charge in [0.25, 0.3) is 0 Å². The molecule has 1 fully saturated rings. The van der Waals surface area contributed by atoms with E-state index in [1.165, 1.54) is 24.4 Å². The van der Waals surface area contributed by atoms with Gasteiger partial charge >= 0.3 is 0 Å². The van der Waals surface area contributed by atoms with E-state index in [1.807, 2.05) is 17.5 Å². The topological polar surface area (TPSA) is 24.9 Å². The van der Waals surface area contributed by atoms with Crippen molar-refractivity contribution in [2.24, 2.45) is 5.92 Å². The van der Waals surface area contributed by atoms with Crippen LogP contribution in [0.4, 0.5) is 0 Å². The molecule has 2 heterocycles. The predicted octanol–water partition coefficient (Wildman–Crippen LogP) is 2.25. The summed E-state index contributed by atoms with van der Waals surface area (Å²) in [5, 5.41) is 6.88. The Morgan fingerprint density at radius 3 is 3.31 bits per heavy atom. The van der Waals surface area contributed by atoms with Crippen LogP contribution in [-0.4, -0.2) is 18.1 Å². The largest absolute Gasteiger partial charge is 0.316 e. The van der Waals surface area contributed by atoms with Crippen molar-refractivity contribution >= 4 is 11.3 Å². The summed E-state index contributed by atoms with van der Waals surface area (Å²) in [7, 11) is 0. The highest BCUT2D eigenvalue weighted by atomic mass is 32.1. The van der Waals surface area contributed by atoms with E-state index >= 15 is 0 Å². The molecule has 2 unspecified atom stereocenters. The summed E-state index contributed by atoms with van der Waals surface area (Å²) in [6.45, 7) is 4.60. The van der Waals surface area contributed by atoms with E-state index in [4.69, 9.17) is 0 Å². The summed E-state index contributed by atoms with van der Waals surface area (Å²) in [5.74, 6) is 1.51. The molecule has 2 rings (SSSR count). The SMILES string of the molecule is CCC1CNCCC1c1nccs1. The third-order valence-electron chi connectivity index (χ3n) is 2.90. The molecule has 1 aliphatic heterocycles. The second kappa shape index (κ2) is 4.20. The molecule has 1 aromatic heterocycles. The van der Waals surface area contributed by atoms with Gasteiger partial charge in [0.05, 0.1) is 5.01 Å². The minimum Gasteiger partial charge on any atom is -0.316 e. The smallest absolute Gasteiger partial charge is 0.0959 e. The van der Waals surface area contributed by atoms with Crippen LogP contribution >= 0.6 is 11.3 Å². The number of thiazole rings is 1. The second-order valence-corrected chi connectivity index (χ2v) is 4.56. The van der Waals surface area contributed by atoms with Gasteiger partial charge in [-0.25, -0.2) is 4.98 Å². The summed E-state index contributed by atoms with van der Waals surface area (Å²) in [6.07, 6.45) is 4.44. The first-order chi connectivity index (χ1) is 6.42. The molecule has 0 saturated carbocycles. The molecule has 0 amide bonds. The van der Waals surface area contributed by atoms with E-state index < -0.39 is 0 Å². The van der Waals surface area contributed by atoms with Crippen LogP contribution in [0, 0.1) is 5.92 Å². The standard InChI is InChI=1S/C10H16N2S/c1-2-8-7-11-4-3-9(8)10-12-5-6-13-10/h5-6,8-9,11H,2-4,7H2,1H3. The molecule has 0 aliphatic carbocycles. The van der Waals surface area contributed by atoms with Gasteiger partial charge in [-0.2, -0.15) is 0 Å². The molecule has 1 aromatic rings. The number of hydrogen-bond acceptors (Lipinski definition) is 3. The number of nitrogens with zero attached hydrogens (tertiary/aromatic N) is 1. The van der Waals surface area contributed by atoms with E-state index in [9.17, 15) is 0 Å². The number of nitrogens with one attached hydrogen (secondary N) is 1. The number of aromatic nitrogens is 1. The highest BCUT2D eigenvalue weighted by Crippen LogP contribution is 2.32. The Hall–Kier alpha value is -0.410. The van der Waals surface area contributed by atoms with E-state index in [-0.39, 0.29) is 0 Å². The fourth-order valence-corrected chi connectivity index (χ4v) is 2.96. The lowest BCUT2D eigenvalue weighted by Gasteiger charge is -2.29. The van der Waals surface area contributed by atoms with Gasteiger partial charge in [0.15, 0.2) is 0 Å². The Bertz CT molecular complexity index is 245. The van der Waals surface area contributed by atoms with E-state index in [2.05, 4.69) is 22.6 Å². The molecule has 0 aromatic carbocycles. The molecule has 1 saturated heterocycles. The van der Waals surface area contributed by atoms with Crippen LogP contribution in [0.25, 0.3) is 0 Å². The van der Waals surface area contributed by atoms with Crippen molar-refractivity contribution in [1.29, 1.82) is 0 Å². The second-order valence-electron chi connectivity index (χ2n) is 3.64. The van der Waals surface area contributed by atoms with E-state index in [0.29, 0.717) is 5.92 Å². The normalized spacial score (nSPS) is 29.0. The average molecular weight is 196 g/mol. The minimum atomic E-state index is 0.714. The van der Waals surface area contributed by atoms with Gasteiger partial charge in [0, 0.05) is 17.5 Å². The molecule has 1 aliphatic rings. The van der Waals surface area contributed by atoms with E-state index in [0.717, 1.165) is 12.5 Å². The minimum absolute atomic E-state index is 0.714. The highest BCUT2D eigenvalue weighted by molar-refractivity contribution is 7.09. The van der Waals surface area contributed by atoms with Gasteiger partial charge in [-0.1, -0.05) is 13.3 Å². The first-order valence-corrected chi connectivity index (χ1v) is 5.90. The summed E-state index contributed by atoms with van der Waals surface area (Å²) < 4.78 is 0. The van der Waals surface area contributed by atoms with Crippen LogP contribution in [0.15, 0.2) is 11.6 Å². The molecule has 3 heteroatoms. The first-order valence-electron chi connectivity index (χ1n) is 5.02. The molecule has 2 nitrogen and oxygen atoms in total. The monoisotopic (exact) mass is 196 g/mol. The maximum atomic E-state index is 4.43. The van der Waals surface area contributed by atoms with Crippen molar-refractivity contribution in [1.82, 2.24) is 10.3 Å². The fraction of sp³-hybridized carbons (Fsp3) is 0.700. The van der Waals surface area contributed by atoms with Gasteiger partial charge in [0.2, 0.25) is 0 Å². The van der Waals surface area contributed by atoms with Crippen LogP contribution in [0.1, 0.15) is 30.7 Å². The zero-order chi connectivity index (χ0) is 9.10. The van der Waals surface area contributed by atoms with Crippen LogP contribution in [-0.2, 0) is 0 Å². The van der Waals surface area contributed by atoms with Gasteiger partial charge in [0.1, 0.15) is 0 Å². The first kappa shape index (κ1) is 9.16. The summed E-state index contributed by atoms with van der Waals surface area (Å²) in [4.78, 5) is 4.43. The van der Waals surface area contributed by atoms with Crippen LogP contribution in [0.2, 0.25) is 0 Å². The van der Waals surface area contributed by atoms with Crippen molar-refractivity contribution in [3.63, 3.8) is 0 Å². The molecule has 13 heavy (non-hydrogen) atoms. The Morgan fingerprint density at radius 1 is 1.69 bits per heavy atom. The lowest BCUT2D eigenvalue weighted by atomic mass is 9.85. The number of rotatable bonds is 2. The summed E-state index contributed by atoms with van der Waals surface area (Å²) in [6, 6.07) is 0. The van der Waals surface area contributed by atoms with Crippen LogP contribution in [0.5, 0.6) is 0 Å².